The molecule has 0 fully saturated rings. The molecule has 0 heterocycles. The molecule has 0 bridgehead atoms. The Kier molecular flexibility index (Phi) is 2.78. The van der Waals surface area contributed by atoms with Crippen LogP contribution in [0.2, 0.25) is 0 Å². The molecule has 0 spiro atoms. The lowest BCUT2D eigenvalue weighted by Crippen LogP contribution is -1.82. The number of hydrogen-bond donors (Lipinski definition) is 1. The quantitative estimate of drug-likeness (QED) is 0.384. The maximum Gasteiger partial charge on any atom is 0.0254 e. The van der Waals surface area contributed by atoms with E-state index in [1.54, 1.807) is 12.2 Å². The Morgan fingerprint density at radius 1 is 1.83 bits per heavy atom. The van der Waals surface area contributed by atoms with Gasteiger partial charge in [0.1, 0.15) is 0 Å². The molecule has 1 nitrogen and oxygen atoms in total. The average molecular weight is 101 g/mol. The maximum absolute atomic E-state index is 5.16. The summed E-state index contributed by atoms with van der Waals surface area (Å²) in [6.07, 6.45) is 3.35. The normalized spacial score (nSPS) is 11.2. The lowest BCUT2D eigenvalue weighted by Gasteiger charge is -1.78. The van der Waals surface area contributed by atoms with Gasteiger partial charge >= 0.3 is 0 Å². The van der Waals surface area contributed by atoms with Gasteiger partial charge < -0.3 is 5.73 Å². The van der Waals surface area contributed by atoms with Crippen molar-refractivity contribution < 1.29 is 0 Å². The average Bonchev–Trinajstić information content (AvgIpc) is 1.35. The monoisotopic (exact) mass is 101 g/mol. The van der Waals surface area contributed by atoms with Gasteiger partial charge in [-0.25, -0.2) is 0 Å². The maximum atomic E-state index is 5.16. The minimum atomic E-state index is 0.713. The van der Waals surface area contributed by atoms with E-state index in [-0.39, 0.29) is 0 Å². The number of hydrogen-bond acceptors (Lipinski definition) is 1. The predicted octanol–water partition coefficient (Wildman–Crippen LogP) is 0.848. The molecule has 2 heteroatoms. The molecule has 0 aromatic rings. The summed E-state index contributed by atoms with van der Waals surface area (Å²) >= 11 is 0. The van der Waals surface area contributed by atoms with Crippen LogP contribution in [0.15, 0.2) is 24.2 Å². The first-order chi connectivity index (χ1) is 2.77. The van der Waals surface area contributed by atoms with E-state index in [1.165, 1.54) is 0 Å². The van der Waals surface area contributed by atoms with E-state index in [0.29, 0.717) is 5.44 Å². The first kappa shape index (κ1) is 5.71. The van der Waals surface area contributed by atoms with Crippen molar-refractivity contribution in [2.24, 2.45) is 5.73 Å². The van der Waals surface area contributed by atoms with Gasteiger partial charge in [0.15, 0.2) is 0 Å². The number of nitrogens with two attached hydrogens (primary N) is 1. The zero-order chi connectivity index (χ0) is 4.99. The molecule has 0 aromatic heterocycles. The standard InChI is InChI=1S/C4H8NP/c1-2-3-4(5)6/h2-3H,1,5-6H2/b4-3-. The smallest absolute Gasteiger partial charge is 0.0254 e. The van der Waals surface area contributed by atoms with Crippen LogP contribution in [0, 0.1) is 0 Å². The molecule has 1 atom stereocenters. The highest BCUT2D eigenvalue weighted by Crippen LogP contribution is 1.91. The summed E-state index contributed by atoms with van der Waals surface area (Å²) < 4.78 is 0. The van der Waals surface area contributed by atoms with Crippen LogP contribution < -0.4 is 5.73 Å². The molecule has 0 radical (unpaired) electrons. The second-order valence-electron chi connectivity index (χ2n) is 0.902. The molecule has 0 saturated carbocycles. The van der Waals surface area contributed by atoms with Crippen molar-refractivity contribution in [1.29, 1.82) is 0 Å². The van der Waals surface area contributed by atoms with Crippen LogP contribution in [-0.4, -0.2) is 0 Å². The van der Waals surface area contributed by atoms with Crippen LogP contribution in [0.4, 0.5) is 0 Å². The minimum absolute atomic E-state index is 0.713. The Morgan fingerprint density at radius 3 is 2.33 bits per heavy atom. The highest BCUT2D eigenvalue weighted by atomic mass is 31.0. The second-order valence-corrected chi connectivity index (χ2v) is 1.57. The van der Waals surface area contributed by atoms with Crippen LogP contribution >= 0.6 is 9.24 Å². The van der Waals surface area contributed by atoms with Crippen molar-refractivity contribution >= 4 is 9.24 Å². The van der Waals surface area contributed by atoms with E-state index < -0.39 is 0 Å². The van der Waals surface area contributed by atoms with E-state index in [9.17, 15) is 0 Å². The highest BCUT2D eigenvalue weighted by molar-refractivity contribution is 7.22. The molecular formula is C4H8NP. The Morgan fingerprint density at radius 2 is 2.33 bits per heavy atom. The molecular weight excluding hydrogens is 93.0 g/mol. The van der Waals surface area contributed by atoms with Gasteiger partial charge in [-0.1, -0.05) is 21.9 Å². The van der Waals surface area contributed by atoms with Crippen LogP contribution in [0.5, 0.6) is 0 Å². The fourth-order valence-electron chi connectivity index (χ4n) is 0.136. The third-order valence-electron chi connectivity index (χ3n) is 0.310. The third kappa shape index (κ3) is 3.71. The van der Waals surface area contributed by atoms with E-state index in [0.717, 1.165) is 0 Å². The molecule has 6 heavy (non-hydrogen) atoms. The first-order valence-electron chi connectivity index (χ1n) is 1.61. The number of rotatable bonds is 1. The van der Waals surface area contributed by atoms with E-state index in [4.69, 9.17) is 5.73 Å². The van der Waals surface area contributed by atoms with Gasteiger partial charge in [0.25, 0.3) is 0 Å². The van der Waals surface area contributed by atoms with Gasteiger partial charge in [0.2, 0.25) is 0 Å². The topological polar surface area (TPSA) is 26.0 Å². The Hall–Kier alpha value is -0.290. The van der Waals surface area contributed by atoms with Gasteiger partial charge in [-0.15, -0.1) is 0 Å². The summed E-state index contributed by atoms with van der Waals surface area (Å²) in [6, 6.07) is 0. The van der Waals surface area contributed by atoms with E-state index >= 15 is 0 Å². The zero-order valence-electron chi connectivity index (χ0n) is 3.52. The van der Waals surface area contributed by atoms with Crippen molar-refractivity contribution in [2.75, 3.05) is 0 Å². The summed E-state index contributed by atoms with van der Waals surface area (Å²) in [5.74, 6) is 0. The SMILES string of the molecule is C=C/C=C(/N)P. The Labute approximate surface area is 40.1 Å². The van der Waals surface area contributed by atoms with Gasteiger partial charge in [-0.2, -0.15) is 0 Å². The van der Waals surface area contributed by atoms with Gasteiger partial charge in [-0.3, -0.25) is 0 Å². The van der Waals surface area contributed by atoms with Crippen LogP contribution in [-0.2, 0) is 0 Å². The van der Waals surface area contributed by atoms with E-state index in [2.05, 4.69) is 15.8 Å². The van der Waals surface area contributed by atoms with Crippen molar-refractivity contribution in [3.63, 3.8) is 0 Å². The Bertz CT molecular complexity index is 71.6. The van der Waals surface area contributed by atoms with Crippen molar-refractivity contribution in [2.45, 2.75) is 0 Å². The molecule has 34 valence electrons. The van der Waals surface area contributed by atoms with Crippen LogP contribution in [0.3, 0.4) is 0 Å². The summed E-state index contributed by atoms with van der Waals surface area (Å²) in [7, 11) is 2.35. The minimum Gasteiger partial charge on any atom is -0.399 e. The number of allylic oxidation sites excluding steroid dienone is 2. The van der Waals surface area contributed by atoms with E-state index in [1.807, 2.05) is 0 Å². The van der Waals surface area contributed by atoms with Gasteiger partial charge in [0, 0.05) is 5.44 Å². The first-order valence-corrected chi connectivity index (χ1v) is 2.18. The molecule has 0 aliphatic heterocycles. The fourth-order valence-corrected chi connectivity index (χ4v) is 0.272. The lowest BCUT2D eigenvalue weighted by molar-refractivity contribution is 1.55. The molecule has 0 aliphatic carbocycles. The summed E-state index contributed by atoms with van der Waals surface area (Å²) in [5, 5.41) is 0. The van der Waals surface area contributed by atoms with Crippen LogP contribution in [0.1, 0.15) is 0 Å². The summed E-state index contributed by atoms with van der Waals surface area (Å²) in [5.41, 5.74) is 5.87. The largest absolute Gasteiger partial charge is 0.399 e. The zero-order valence-corrected chi connectivity index (χ0v) is 4.67. The van der Waals surface area contributed by atoms with Crippen molar-refractivity contribution in [3.05, 3.63) is 24.2 Å². The van der Waals surface area contributed by atoms with Crippen molar-refractivity contribution in [1.82, 2.24) is 0 Å². The summed E-state index contributed by atoms with van der Waals surface area (Å²) in [6.45, 7) is 3.43. The highest BCUT2D eigenvalue weighted by Gasteiger charge is 1.63. The second kappa shape index (κ2) is 2.92. The molecule has 0 aromatic carbocycles. The molecule has 0 aliphatic rings. The molecule has 0 amide bonds. The molecule has 2 N–H and O–H groups in total. The van der Waals surface area contributed by atoms with Crippen LogP contribution in [0.25, 0.3) is 0 Å². The fraction of sp³-hybridized carbons (Fsp3) is 0. The lowest BCUT2D eigenvalue weighted by atomic mass is 10.6. The summed E-state index contributed by atoms with van der Waals surface area (Å²) in [4.78, 5) is 0. The predicted molar refractivity (Wildman–Crippen MR) is 32.2 cm³/mol. The Balaban J connectivity index is 3.41. The van der Waals surface area contributed by atoms with Crippen molar-refractivity contribution in [3.8, 4) is 0 Å². The molecule has 0 rings (SSSR count). The van der Waals surface area contributed by atoms with Gasteiger partial charge in [-0.05, 0) is 6.08 Å². The van der Waals surface area contributed by atoms with Gasteiger partial charge in [0.05, 0.1) is 0 Å². The molecule has 1 unspecified atom stereocenters. The third-order valence-corrected chi connectivity index (χ3v) is 0.503. The molecule has 0 saturated heterocycles.